The van der Waals surface area contributed by atoms with Gasteiger partial charge in [-0.15, -0.1) is 0 Å². The molecule has 10 nitrogen and oxygen atoms in total. The van der Waals surface area contributed by atoms with E-state index in [1.165, 1.54) is 13.2 Å². The van der Waals surface area contributed by atoms with E-state index in [-0.39, 0.29) is 23.5 Å². The summed E-state index contributed by atoms with van der Waals surface area (Å²) in [7, 11) is 1.40. The number of esters is 2. The van der Waals surface area contributed by atoms with Gasteiger partial charge in [0.2, 0.25) is 0 Å². The average molecular weight is 503 g/mol. The Morgan fingerprint density at radius 1 is 1.06 bits per heavy atom. The molecule has 0 bridgehead atoms. The molecule has 0 amide bonds. The molecule has 5 atom stereocenters. The molecule has 0 aliphatic carbocycles. The van der Waals surface area contributed by atoms with Gasteiger partial charge in [-0.2, -0.15) is 0 Å². The van der Waals surface area contributed by atoms with E-state index in [1.807, 2.05) is 30.3 Å². The van der Waals surface area contributed by atoms with E-state index in [1.54, 1.807) is 18.2 Å². The zero-order valence-electron chi connectivity index (χ0n) is 19.9. The third-order valence-electron chi connectivity index (χ3n) is 5.69. The monoisotopic (exact) mass is 502 g/mol. The van der Waals surface area contributed by atoms with Crippen LogP contribution in [-0.4, -0.2) is 76.8 Å². The number of methoxy groups -OCH3 is 1. The quantitative estimate of drug-likeness (QED) is 0.292. The number of aliphatic hydroxyl groups excluding tert-OH is 3. The highest BCUT2D eigenvalue weighted by Gasteiger charge is 2.49. The Bertz CT molecular complexity index is 1070. The maximum absolute atomic E-state index is 13.3. The predicted octanol–water partition coefficient (Wildman–Crippen LogP) is 1.33. The second kappa shape index (κ2) is 12.5. The number of rotatable bonds is 9. The van der Waals surface area contributed by atoms with Gasteiger partial charge in [0.25, 0.3) is 0 Å². The van der Waals surface area contributed by atoms with Gasteiger partial charge < -0.3 is 39.4 Å². The number of aryl methyl sites for hydroxylation is 1. The first-order valence-electron chi connectivity index (χ1n) is 11.4. The first-order valence-corrected chi connectivity index (χ1v) is 11.4. The summed E-state index contributed by atoms with van der Waals surface area (Å²) in [5.41, 5.74) is 1.72. The zero-order valence-corrected chi connectivity index (χ0v) is 19.9. The van der Waals surface area contributed by atoms with Gasteiger partial charge in [-0.3, -0.25) is 4.79 Å². The highest BCUT2D eigenvalue weighted by Crippen LogP contribution is 2.29. The van der Waals surface area contributed by atoms with Crippen molar-refractivity contribution in [1.29, 1.82) is 0 Å². The molecule has 3 rings (SSSR count). The molecule has 0 aromatic heterocycles. The van der Waals surface area contributed by atoms with Crippen molar-refractivity contribution < 1.29 is 49.0 Å². The second-order valence-electron chi connectivity index (χ2n) is 8.27. The smallest absolute Gasteiger partial charge is 0.334 e. The molecule has 194 valence electrons. The molecule has 0 unspecified atom stereocenters. The Morgan fingerprint density at radius 3 is 2.42 bits per heavy atom. The fourth-order valence-electron chi connectivity index (χ4n) is 3.85. The third kappa shape index (κ3) is 6.82. The summed E-state index contributed by atoms with van der Waals surface area (Å²) >= 11 is 0. The first-order chi connectivity index (χ1) is 17.2. The maximum atomic E-state index is 13.3. The van der Waals surface area contributed by atoms with Crippen LogP contribution in [0.3, 0.4) is 0 Å². The summed E-state index contributed by atoms with van der Waals surface area (Å²) in [6, 6.07) is 14.0. The lowest BCUT2D eigenvalue weighted by Crippen LogP contribution is -2.61. The minimum absolute atomic E-state index is 0.0674. The molecule has 1 aliphatic heterocycles. The molecular weight excluding hydrogens is 472 g/mol. The number of ether oxygens (including phenoxy) is 4. The lowest BCUT2D eigenvalue weighted by Gasteiger charge is -2.41. The molecule has 1 fully saturated rings. The number of hydrogen-bond donors (Lipinski definition) is 4. The Balaban J connectivity index is 1.89. The van der Waals surface area contributed by atoms with Gasteiger partial charge in [0.15, 0.2) is 30.0 Å². The van der Waals surface area contributed by atoms with Gasteiger partial charge in [0, 0.05) is 12.5 Å². The summed E-state index contributed by atoms with van der Waals surface area (Å²) in [5, 5.41) is 40.2. The van der Waals surface area contributed by atoms with Gasteiger partial charge >= 0.3 is 11.9 Å². The molecule has 1 heterocycles. The lowest BCUT2D eigenvalue weighted by molar-refractivity contribution is -0.292. The number of aliphatic hydroxyl groups is 3. The highest BCUT2D eigenvalue weighted by atomic mass is 16.7. The minimum atomic E-state index is -1.76. The van der Waals surface area contributed by atoms with Crippen LogP contribution in [0.2, 0.25) is 0 Å². The second-order valence-corrected chi connectivity index (χ2v) is 8.27. The van der Waals surface area contributed by atoms with E-state index in [4.69, 9.17) is 18.9 Å². The van der Waals surface area contributed by atoms with Crippen LogP contribution >= 0.6 is 0 Å². The van der Waals surface area contributed by atoms with Crippen LogP contribution in [-0.2, 0) is 30.2 Å². The number of phenolic OH excluding ortho intramolecular Hbond substituents is 1. The molecule has 4 N–H and O–H groups in total. The van der Waals surface area contributed by atoms with Crippen LogP contribution in [0.1, 0.15) is 24.5 Å². The average Bonchev–Trinajstić information content (AvgIpc) is 2.87. The molecule has 1 saturated heterocycles. The molecule has 0 saturated carbocycles. The van der Waals surface area contributed by atoms with E-state index in [0.29, 0.717) is 12.0 Å². The van der Waals surface area contributed by atoms with Crippen molar-refractivity contribution in [2.45, 2.75) is 50.5 Å². The van der Waals surface area contributed by atoms with Crippen molar-refractivity contribution >= 4 is 18.0 Å². The SMILES string of the molecule is COc1cc(C=C(CCc2ccccc2)C(=O)O[C@@H]2[C@@H](OC(C)=O)[C@@H](O)[C@H](CO)O[C@H]2O)ccc1O. The van der Waals surface area contributed by atoms with Crippen LogP contribution < -0.4 is 4.74 Å². The van der Waals surface area contributed by atoms with Crippen molar-refractivity contribution in [1.82, 2.24) is 0 Å². The molecule has 1 aliphatic rings. The van der Waals surface area contributed by atoms with Crippen LogP contribution in [0.15, 0.2) is 54.1 Å². The number of aromatic hydroxyl groups is 1. The van der Waals surface area contributed by atoms with Crippen LogP contribution in [0.4, 0.5) is 0 Å². The first kappa shape index (κ1) is 27.2. The Kier molecular flexibility index (Phi) is 9.43. The minimum Gasteiger partial charge on any atom is -0.504 e. The Hall–Kier alpha value is -3.44. The summed E-state index contributed by atoms with van der Waals surface area (Å²) in [6.07, 6.45) is -5.26. The molecule has 36 heavy (non-hydrogen) atoms. The number of hydrogen-bond acceptors (Lipinski definition) is 10. The van der Waals surface area contributed by atoms with Gasteiger partial charge in [-0.1, -0.05) is 36.4 Å². The van der Waals surface area contributed by atoms with E-state index in [9.17, 15) is 30.0 Å². The summed E-state index contributed by atoms with van der Waals surface area (Å²) < 4.78 is 20.9. The van der Waals surface area contributed by atoms with E-state index in [0.717, 1.165) is 12.5 Å². The van der Waals surface area contributed by atoms with Crippen molar-refractivity contribution in [3.05, 3.63) is 65.2 Å². The van der Waals surface area contributed by atoms with Gasteiger partial charge in [-0.05, 0) is 42.2 Å². The number of carbonyl (C=O) groups is 2. The fourth-order valence-corrected chi connectivity index (χ4v) is 3.85. The third-order valence-corrected chi connectivity index (χ3v) is 5.69. The topological polar surface area (TPSA) is 152 Å². The number of carbonyl (C=O) groups excluding carboxylic acids is 2. The van der Waals surface area contributed by atoms with E-state index < -0.39 is 49.3 Å². The molecular formula is C26H30O10. The summed E-state index contributed by atoms with van der Waals surface area (Å²) in [4.78, 5) is 24.9. The number of phenols is 1. The van der Waals surface area contributed by atoms with Crippen molar-refractivity contribution in [3.63, 3.8) is 0 Å². The largest absolute Gasteiger partial charge is 0.504 e. The van der Waals surface area contributed by atoms with E-state index >= 15 is 0 Å². The highest BCUT2D eigenvalue weighted by molar-refractivity contribution is 5.94. The Labute approximate surface area is 208 Å². The lowest BCUT2D eigenvalue weighted by atomic mass is 9.98. The van der Waals surface area contributed by atoms with Crippen molar-refractivity contribution in [2.24, 2.45) is 0 Å². The van der Waals surface area contributed by atoms with E-state index in [2.05, 4.69) is 0 Å². The molecule has 0 spiro atoms. The fraction of sp³-hybridized carbons (Fsp3) is 0.385. The number of benzene rings is 2. The maximum Gasteiger partial charge on any atom is 0.334 e. The molecule has 10 heteroatoms. The molecule has 2 aromatic carbocycles. The normalized spacial score (nSPS) is 24.1. The van der Waals surface area contributed by atoms with Gasteiger partial charge in [0.1, 0.15) is 12.2 Å². The molecule has 0 radical (unpaired) electrons. The van der Waals surface area contributed by atoms with Crippen LogP contribution in [0.5, 0.6) is 11.5 Å². The zero-order chi connectivity index (χ0) is 26.2. The van der Waals surface area contributed by atoms with Gasteiger partial charge in [0.05, 0.1) is 13.7 Å². The Morgan fingerprint density at radius 2 is 1.78 bits per heavy atom. The standard InChI is InChI=1S/C26H30O10/c1-15(28)34-23-22(30)21(14-27)35-26(32)24(23)36-25(31)18(10-8-16-6-4-3-5-7-16)12-17-9-11-19(29)20(13-17)33-2/h3-7,9,11-13,21-24,26-27,29-30,32H,8,10,14H2,1-2H3/t21-,22-,23-,24+,26+/m0/s1. The van der Waals surface area contributed by atoms with Crippen LogP contribution in [0, 0.1) is 0 Å². The molecule has 2 aromatic rings. The van der Waals surface area contributed by atoms with Crippen molar-refractivity contribution in [3.8, 4) is 11.5 Å². The summed E-state index contributed by atoms with van der Waals surface area (Å²) in [5.74, 6) is -1.47. The van der Waals surface area contributed by atoms with Crippen molar-refractivity contribution in [2.75, 3.05) is 13.7 Å². The van der Waals surface area contributed by atoms with Crippen LogP contribution in [0.25, 0.3) is 6.08 Å². The predicted molar refractivity (Wildman–Crippen MR) is 127 cm³/mol. The van der Waals surface area contributed by atoms with Gasteiger partial charge in [-0.25, -0.2) is 4.79 Å². The summed E-state index contributed by atoms with van der Waals surface area (Å²) in [6.45, 7) is 0.451.